The second kappa shape index (κ2) is 8.81. The Morgan fingerprint density at radius 2 is 1.73 bits per heavy atom. The number of nitrogens with one attached hydrogen (secondary N) is 1. The monoisotopic (exact) mass is 433 g/mol. The van der Waals surface area contributed by atoms with Crippen molar-refractivity contribution in [3.8, 4) is 17.2 Å². The van der Waals surface area contributed by atoms with Crippen LogP contribution in [0.4, 0.5) is 0 Å². The van der Waals surface area contributed by atoms with Gasteiger partial charge in [-0.1, -0.05) is 6.07 Å². The summed E-state index contributed by atoms with van der Waals surface area (Å²) in [6, 6.07) is 12.1. The Hall–Kier alpha value is -2.33. The van der Waals surface area contributed by atoms with Gasteiger partial charge in [0, 0.05) is 38.8 Å². The van der Waals surface area contributed by atoms with E-state index in [1.54, 1.807) is 31.4 Å². The van der Waals surface area contributed by atoms with Crippen LogP contribution in [0.1, 0.15) is 11.6 Å². The van der Waals surface area contributed by atoms with Crippen molar-refractivity contribution in [1.82, 2.24) is 14.5 Å². The van der Waals surface area contributed by atoms with Crippen LogP contribution in [0.5, 0.6) is 17.2 Å². The first-order chi connectivity index (χ1) is 14.5. The molecule has 1 fully saturated rings. The van der Waals surface area contributed by atoms with Crippen molar-refractivity contribution in [3.05, 3.63) is 48.0 Å². The van der Waals surface area contributed by atoms with E-state index in [2.05, 4.69) is 21.6 Å². The topological polar surface area (TPSA) is 80.3 Å². The van der Waals surface area contributed by atoms with Crippen LogP contribution in [0.25, 0.3) is 0 Å². The molecular formula is C21H27N3O5S. The third-order valence-corrected chi connectivity index (χ3v) is 7.04. The van der Waals surface area contributed by atoms with Crippen molar-refractivity contribution < 1.29 is 22.6 Å². The van der Waals surface area contributed by atoms with Crippen LogP contribution in [0.2, 0.25) is 0 Å². The average molecular weight is 434 g/mol. The molecule has 2 aliphatic heterocycles. The van der Waals surface area contributed by atoms with Gasteiger partial charge < -0.3 is 19.1 Å². The molecule has 1 atom stereocenters. The van der Waals surface area contributed by atoms with E-state index in [1.807, 2.05) is 18.2 Å². The van der Waals surface area contributed by atoms with E-state index in [0.29, 0.717) is 11.5 Å². The molecule has 0 aliphatic carbocycles. The zero-order valence-electron chi connectivity index (χ0n) is 17.2. The fraction of sp³-hybridized carbons (Fsp3) is 0.429. The number of nitrogens with zero attached hydrogens (tertiary/aromatic N) is 2. The predicted molar refractivity (Wildman–Crippen MR) is 113 cm³/mol. The van der Waals surface area contributed by atoms with Gasteiger partial charge in [-0.05, 0) is 49.0 Å². The zero-order chi connectivity index (χ0) is 21.1. The summed E-state index contributed by atoms with van der Waals surface area (Å²) in [6.07, 6.45) is 0. The van der Waals surface area contributed by atoms with Crippen molar-refractivity contribution in [2.75, 3.05) is 53.7 Å². The van der Waals surface area contributed by atoms with Crippen LogP contribution in [0, 0.1) is 0 Å². The first kappa shape index (κ1) is 20.9. The predicted octanol–water partition coefficient (Wildman–Crippen LogP) is 1.69. The second-order valence-electron chi connectivity index (χ2n) is 7.50. The molecule has 2 heterocycles. The Morgan fingerprint density at radius 1 is 1.03 bits per heavy atom. The summed E-state index contributed by atoms with van der Waals surface area (Å²) in [5.74, 6) is 2.03. The number of hydrogen-bond acceptors (Lipinski definition) is 7. The van der Waals surface area contributed by atoms with Gasteiger partial charge in [0.2, 0.25) is 16.8 Å². The molecule has 1 unspecified atom stereocenters. The highest BCUT2D eigenvalue weighted by Gasteiger charge is 2.27. The second-order valence-corrected chi connectivity index (χ2v) is 9.26. The van der Waals surface area contributed by atoms with Gasteiger partial charge in [-0.3, -0.25) is 4.90 Å². The van der Waals surface area contributed by atoms with E-state index >= 15 is 0 Å². The number of methoxy groups -OCH3 is 1. The van der Waals surface area contributed by atoms with Crippen LogP contribution in [0.3, 0.4) is 0 Å². The molecule has 8 nitrogen and oxygen atoms in total. The third-order valence-electron chi connectivity index (χ3n) is 5.60. The number of hydrogen-bond donors (Lipinski definition) is 1. The molecule has 0 aromatic heterocycles. The van der Waals surface area contributed by atoms with E-state index in [4.69, 9.17) is 14.2 Å². The lowest BCUT2D eigenvalue weighted by Crippen LogP contribution is -2.48. The summed E-state index contributed by atoms with van der Waals surface area (Å²) in [4.78, 5) is 4.80. The summed E-state index contributed by atoms with van der Waals surface area (Å²) < 4.78 is 44.6. The highest BCUT2D eigenvalue weighted by Crippen LogP contribution is 2.35. The first-order valence-corrected chi connectivity index (χ1v) is 11.4. The Morgan fingerprint density at radius 3 is 2.43 bits per heavy atom. The molecule has 30 heavy (non-hydrogen) atoms. The Bertz CT molecular complexity index is 973. The molecule has 1 saturated heterocycles. The summed E-state index contributed by atoms with van der Waals surface area (Å²) in [5, 5.41) is 0. The van der Waals surface area contributed by atoms with Gasteiger partial charge in [-0.25, -0.2) is 13.1 Å². The molecule has 162 valence electrons. The van der Waals surface area contributed by atoms with E-state index < -0.39 is 10.0 Å². The van der Waals surface area contributed by atoms with Gasteiger partial charge in [-0.2, -0.15) is 0 Å². The zero-order valence-corrected chi connectivity index (χ0v) is 18.0. The van der Waals surface area contributed by atoms with Crippen molar-refractivity contribution in [2.24, 2.45) is 0 Å². The van der Waals surface area contributed by atoms with Crippen LogP contribution in [-0.4, -0.2) is 71.9 Å². The maximum Gasteiger partial charge on any atom is 0.240 e. The number of likely N-dealkylation sites (N-methyl/N-ethyl adjacent to an activating group) is 1. The highest BCUT2D eigenvalue weighted by atomic mass is 32.2. The van der Waals surface area contributed by atoms with Crippen molar-refractivity contribution >= 4 is 10.0 Å². The quantitative estimate of drug-likeness (QED) is 0.712. The van der Waals surface area contributed by atoms with Crippen LogP contribution in [-0.2, 0) is 10.0 Å². The van der Waals surface area contributed by atoms with Crippen LogP contribution in [0.15, 0.2) is 47.4 Å². The van der Waals surface area contributed by atoms with Crippen molar-refractivity contribution in [3.63, 3.8) is 0 Å². The summed E-state index contributed by atoms with van der Waals surface area (Å²) in [6.45, 7) is 4.07. The molecule has 0 bridgehead atoms. The molecule has 2 aromatic rings. The lowest BCUT2D eigenvalue weighted by molar-refractivity contribution is 0.112. The third kappa shape index (κ3) is 4.54. The smallest absolute Gasteiger partial charge is 0.240 e. The van der Waals surface area contributed by atoms with Gasteiger partial charge >= 0.3 is 0 Å². The number of piperazine rings is 1. The molecule has 2 aliphatic rings. The minimum absolute atomic E-state index is 0.110. The fourth-order valence-electron chi connectivity index (χ4n) is 3.74. The standard InChI is InChI=1S/C21H27N3O5S/c1-23-9-11-24(12-10-23)19(16-3-8-20-21(13-16)29-15-28-20)14-22-30(25,26)18-6-4-17(27-2)5-7-18/h3-8,13,19,22H,9-12,14-15H2,1-2H3. The van der Waals surface area contributed by atoms with Crippen molar-refractivity contribution in [1.29, 1.82) is 0 Å². The average Bonchev–Trinajstić information content (AvgIpc) is 3.23. The molecule has 0 spiro atoms. The molecule has 1 N–H and O–H groups in total. The Labute approximate surface area is 177 Å². The lowest BCUT2D eigenvalue weighted by atomic mass is 10.0. The van der Waals surface area contributed by atoms with Gasteiger partial charge in [0.15, 0.2) is 11.5 Å². The molecular weight excluding hydrogens is 406 g/mol. The maximum absolute atomic E-state index is 12.9. The van der Waals surface area contributed by atoms with Gasteiger partial charge in [0.05, 0.1) is 12.0 Å². The van der Waals surface area contributed by atoms with Gasteiger partial charge in [0.1, 0.15) is 5.75 Å². The molecule has 0 saturated carbocycles. The van der Waals surface area contributed by atoms with Crippen molar-refractivity contribution in [2.45, 2.75) is 10.9 Å². The summed E-state index contributed by atoms with van der Waals surface area (Å²) in [5.41, 5.74) is 1.00. The fourth-order valence-corrected chi connectivity index (χ4v) is 4.78. The van der Waals surface area contributed by atoms with Crippen LogP contribution >= 0.6 is 0 Å². The van der Waals surface area contributed by atoms with E-state index in [1.165, 1.54) is 0 Å². The number of rotatable bonds is 7. The van der Waals surface area contributed by atoms with E-state index in [-0.39, 0.29) is 24.3 Å². The highest BCUT2D eigenvalue weighted by molar-refractivity contribution is 7.89. The minimum atomic E-state index is -3.65. The van der Waals surface area contributed by atoms with Crippen LogP contribution < -0.4 is 18.9 Å². The molecule has 2 aromatic carbocycles. The Balaban J connectivity index is 1.55. The summed E-state index contributed by atoms with van der Waals surface area (Å²) in [7, 11) is -0.00194. The molecule has 4 rings (SSSR count). The number of fused-ring (bicyclic) bond motifs is 1. The minimum Gasteiger partial charge on any atom is -0.497 e. The maximum atomic E-state index is 12.9. The molecule has 0 amide bonds. The normalized spacial score (nSPS) is 18.3. The number of benzene rings is 2. The lowest BCUT2D eigenvalue weighted by Gasteiger charge is -2.38. The van der Waals surface area contributed by atoms with Gasteiger partial charge in [0.25, 0.3) is 0 Å². The Kier molecular flexibility index (Phi) is 6.14. The van der Waals surface area contributed by atoms with Gasteiger partial charge in [-0.15, -0.1) is 0 Å². The number of ether oxygens (including phenoxy) is 3. The first-order valence-electron chi connectivity index (χ1n) is 9.92. The molecule has 0 radical (unpaired) electrons. The van der Waals surface area contributed by atoms with E-state index in [9.17, 15) is 8.42 Å². The van der Waals surface area contributed by atoms with E-state index in [0.717, 1.165) is 37.5 Å². The summed E-state index contributed by atoms with van der Waals surface area (Å²) >= 11 is 0. The largest absolute Gasteiger partial charge is 0.497 e. The number of sulfonamides is 1. The molecule has 9 heteroatoms. The SMILES string of the molecule is COc1ccc(S(=O)(=O)NCC(c2ccc3c(c2)OCO3)N2CCN(C)CC2)cc1.